The van der Waals surface area contributed by atoms with E-state index in [1.54, 1.807) is 21.0 Å². The second kappa shape index (κ2) is 7.96. The van der Waals surface area contributed by atoms with E-state index < -0.39 is 0 Å². The fraction of sp³-hybridized carbons (Fsp3) is 0.421. The van der Waals surface area contributed by atoms with Crippen LogP contribution >= 0.6 is 0 Å². The van der Waals surface area contributed by atoms with Crippen LogP contribution in [0.3, 0.4) is 0 Å². The number of para-hydroxylation sites is 1. The maximum atomic E-state index is 12.6. The number of aromatic nitrogens is 2. The average molecular weight is 342 g/mol. The molecule has 6 nitrogen and oxygen atoms in total. The predicted octanol–water partition coefficient (Wildman–Crippen LogP) is 3.16. The molecule has 1 amide bonds. The number of rotatable bonds is 6. The number of ether oxygens (including phenoxy) is 1. The van der Waals surface area contributed by atoms with Gasteiger partial charge in [0, 0.05) is 19.7 Å². The van der Waals surface area contributed by atoms with Gasteiger partial charge in [0.1, 0.15) is 5.75 Å². The number of nitrogen functional groups attached to an aromatic ring is 1. The van der Waals surface area contributed by atoms with Crippen molar-refractivity contribution in [2.24, 2.45) is 5.92 Å². The van der Waals surface area contributed by atoms with Crippen LogP contribution in [0.1, 0.15) is 36.3 Å². The molecule has 0 unspecified atom stereocenters. The van der Waals surface area contributed by atoms with Gasteiger partial charge in [-0.3, -0.25) is 4.79 Å². The molecule has 134 valence electrons. The second-order valence-corrected chi connectivity index (χ2v) is 6.62. The van der Waals surface area contributed by atoms with E-state index in [1.165, 1.54) is 4.90 Å². The van der Waals surface area contributed by atoms with Crippen molar-refractivity contribution < 1.29 is 9.53 Å². The summed E-state index contributed by atoms with van der Waals surface area (Å²) in [4.78, 5) is 22.7. The summed E-state index contributed by atoms with van der Waals surface area (Å²) < 4.78 is 5.95. The van der Waals surface area contributed by atoms with Gasteiger partial charge in [-0.15, -0.1) is 0 Å². The Hall–Kier alpha value is -2.63. The largest absolute Gasteiger partial charge is 0.493 e. The third-order valence-electron chi connectivity index (χ3n) is 3.82. The third-order valence-corrected chi connectivity index (χ3v) is 3.82. The molecule has 0 atom stereocenters. The van der Waals surface area contributed by atoms with Gasteiger partial charge in [-0.05, 0) is 31.4 Å². The number of carbonyl (C=O) groups excluding carboxylic acids is 1. The minimum absolute atomic E-state index is 0.139. The van der Waals surface area contributed by atoms with Gasteiger partial charge in [0.05, 0.1) is 23.6 Å². The summed E-state index contributed by atoms with van der Waals surface area (Å²) in [6.07, 6.45) is 0.947. The van der Waals surface area contributed by atoms with Gasteiger partial charge in [-0.25, -0.2) is 9.97 Å². The third kappa shape index (κ3) is 4.47. The first-order chi connectivity index (χ1) is 11.8. The van der Waals surface area contributed by atoms with E-state index in [0.29, 0.717) is 35.2 Å². The van der Waals surface area contributed by atoms with Gasteiger partial charge < -0.3 is 15.4 Å². The van der Waals surface area contributed by atoms with Gasteiger partial charge in [0.2, 0.25) is 5.95 Å². The lowest BCUT2D eigenvalue weighted by Crippen LogP contribution is -2.24. The maximum absolute atomic E-state index is 12.6. The summed E-state index contributed by atoms with van der Waals surface area (Å²) in [7, 11) is 3.40. The zero-order valence-electron chi connectivity index (χ0n) is 15.5. The molecule has 0 spiro atoms. The van der Waals surface area contributed by atoms with E-state index in [-0.39, 0.29) is 11.9 Å². The fourth-order valence-electron chi connectivity index (χ4n) is 2.46. The van der Waals surface area contributed by atoms with Crippen LogP contribution in [0, 0.1) is 12.8 Å². The zero-order valence-corrected chi connectivity index (χ0v) is 15.5. The van der Waals surface area contributed by atoms with Crippen molar-refractivity contribution in [3.05, 3.63) is 35.5 Å². The Morgan fingerprint density at radius 2 is 1.92 bits per heavy atom. The average Bonchev–Trinajstić information content (AvgIpc) is 2.53. The lowest BCUT2D eigenvalue weighted by molar-refractivity contribution is 0.0827. The molecule has 2 rings (SSSR count). The van der Waals surface area contributed by atoms with Crippen LogP contribution in [-0.4, -0.2) is 41.5 Å². The summed E-state index contributed by atoms with van der Waals surface area (Å²) in [5.41, 5.74) is 8.09. The number of nitrogens with two attached hydrogens (primary N) is 1. The van der Waals surface area contributed by atoms with Crippen LogP contribution in [0.2, 0.25) is 0 Å². The number of carbonyl (C=O) groups is 1. The SMILES string of the molecule is Cc1nc(N)nc(-c2ccccc2OCCC(C)C)c1C(=O)N(C)C. The maximum Gasteiger partial charge on any atom is 0.257 e. The molecule has 0 bridgehead atoms. The highest BCUT2D eigenvalue weighted by Gasteiger charge is 2.22. The van der Waals surface area contributed by atoms with Gasteiger partial charge in [-0.1, -0.05) is 26.0 Å². The van der Waals surface area contributed by atoms with Crippen molar-refractivity contribution in [2.75, 3.05) is 26.4 Å². The number of amides is 1. The molecule has 0 saturated heterocycles. The molecule has 1 heterocycles. The summed E-state index contributed by atoms with van der Waals surface area (Å²) in [5, 5.41) is 0. The van der Waals surface area contributed by atoms with Crippen LogP contribution < -0.4 is 10.5 Å². The molecule has 0 aliphatic carbocycles. The molecule has 1 aromatic heterocycles. The van der Waals surface area contributed by atoms with E-state index >= 15 is 0 Å². The summed E-state index contributed by atoms with van der Waals surface area (Å²) >= 11 is 0. The number of aryl methyl sites for hydroxylation is 1. The van der Waals surface area contributed by atoms with Crippen molar-refractivity contribution in [2.45, 2.75) is 27.2 Å². The predicted molar refractivity (Wildman–Crippen MR) is 99.6 cm³/mol. The van der Waals surface area contributed by atoms with Crippen molar-refractivity contribution in [1.29, 1.82) is 0 Å². The fourth-order valence-corrected chi connectivity index (χ4v) is 2.46. The lowest BCUT2D eigenvalue weighted by atomic mass is 10.0. The van der Waals surface area contributed by atoms with Crippen LogP contribution in [0.5, 0.6) is 5.75 Å². The van der Waals surface area contributed by atoms with Crippen molar-refractivity contribution in [3.63, 3.8) is 0 Å². The van der Waals surface area contributed by atoms with Crippen molar-refractivity contribution in [3.8, 4) is 17.0 Å². The summed E-state index contributed by atoms with van der Waals surface area (Å²) in [6.45, 7) is 6.67. The second-order valence-electron chi connectivity index (χ2n) is 6.62. The Bertz CT molecular complexity index is 757. The molecular formula is C19H26N4O2. The molecule has 0 fully saturated rings. The topological polar surface area (TPSA) is 81.3 Å². The Kier molecular flexibility index (Phi) is 5.96. The van der Waals surface area contributed by atoms with E-state index in [1.807, 2.05) is 24.3 Å². The Balaban J connectivity index is 2.53. The molecule has 6 heteroatoms. The molecule has 0 saturated carbocycles. The normalized spacial score (nSPS) is 10.8. The summed E-state index contributed by atoms with van der Waals surface area (Å²) in [6, 6.07) is 7.56. The van der Waals surface area contributed by atoms with Gasteiger partial charge >= 0.3 is 0 Å². The van der Waals surface area contributed by atoms with Crippen LogP contribution in [0.25, 0.3) is 11.3 Å². The van der Waals surface area contributed by atoms with Gasteiger partial charge in [0.15, 0.2) is 0 Å². The molecule has 2 N–H and O–H groups in total. The van der Waals surface area contributed by atoms with E-state index in [4.69, 9.17) is 10.5 Å². The minimum Gasteiger partial charge on any atom is -0.493 e. The zero-order chi connectivity index (χ0) is 18.6. The van der Waals surface area contributed by atoms with Crippen molar-refractivity contribution >= 4 is 11.9 Å². The van der Waals surface area contributed by atoms with Crippen LogP contribution in [0.15, 0.2) is 24.3 Å². The molecular weight excluding hydrogens is 316 g/mol. The van der Waals surface area contributed by atoms with E-state index in [2.05, 4.69) is 23.8 Å². The van der Waals surface area contributed by atoms with Gasteiger partial charge in [0.25, 0.3) is 5.91 Å². The lowest BCUT2D eigenvalue weighted by Gasteiger charge is -2.18. The Morgan fingerprint density at radius 3 is 2.56 bits per heavy atom. The molecule has 25 heavy (non-hydrogen) atoms. The van der Waals surface area contributed by atoms with Crippen LogP contribution in [-0.2, 0) is 0 Å². The number of anilines is 1. The first kappa shape index (κ1) is 18.7. The van der Waals surface area contributed by atoms with Crippen molar-refractivity contribution in [1.82, 2.24) is 14.9 Å². The number of hydrogen-bond acceptors (Lipinski definition) is 5. The molecule has 0 aliphatic heterocycles. The minimum atomic E-state index is -0.163. The smallest absolute Gasteiger partial charge is 0.257 e. The molecule has 2 aromatic rings. The molecule has 0 aliphatic rings. The quantitative estimate of drug-likeness (QED) is 0.872. The Morgan fingerprint density at radius 1 is 1.24 bits per heavy atom. The first-order valence-electron chi connectivity index (χ1n) is 8.39. The highest BCUT2D eigenvalue weighted by atomic mass is 16.5. The standard InChI is InChI=1S/C19H26N4O2/c1-12(2)10-11-25-15-9-7-6-8-14(15)17-16(18(24)23(4)5)13(3)21-19(20)22-17/h6-9,12H,10-11H2,1-5H3,(H2,20,21,22). The summed E-state index contributed by atoms with van der Waals surface area (Å²) in [5.74, 6) is 1.22. The van der Waals surface area contributed by atoms with Crippen LogP contribution in [0.4, 0.5) is 5.95 Å². The van der Waals surface area contributed by atoms with E-state index in [0.717, 1.165) is 12.0 Å². The number of nitrogens with zero attached hydrogens (tertiary/aromatic N) is 3. The first-order valence-corrected chi connectivity index (χ1v) is 8.39. The number of benzene rings is 1. The molecule has 0 radical (unpaired) electrons. The molecule has 1 aromatic carbocycles. The van der Waals surface area contributed by atoms with E-state index in [9.17, 15) is 4.79 Å². The van der Waals surface area contributed by atoms with Gasteiger partial charge in [-0.2, -0.15) is 0 Å². The highest BCUT2D eigenvalue weighted by molar-refractivity contribution is 6.01. The Labute approximate surface area is 149 Å². The number of hydrogen-bond donors (Lipinski definition) is 1. The highest BCUT2D eigenvalue weighted by Crippen LogP contribution is 2.33. The monoisotopic (exact) mass is 342 g/mol.